The molecule has 0 aromatic heterocycles. The normalized spacial score (nSPS) is 11.2. The van der Waals surface area contributed by atoms with Gasteiger partial charge >= 0.3 is 0 Å². The van der Waals surface area contributed by atoms with Gasteiger partial charge in [0.1, 0.15) is 22.9 Å². The predicted octanol–water partition coefficient (Wildman–Crippen LogP) is 5.97. The number of ether oxygens (including phenoxy) is 2. The molecule has 32 heavy (non-hydrogen) atoms. The molecule has 5 heteroatoms. The molecule has 2 aliphatic heterocycles. The Labute approximate surface area is 187 Å². The summed E-state index contributed by atoms with van der Waals surface area (Å²) >= 11 is 0. The Morgan fingerprint density at radius 3 is 2.28 bits per heavy atom. The van der Waals surface area contributed by atoms with E-state index in [1.165, 1.54) is 11.1 Å². The maximum atomic E-state index is 5.78. The largest absolute Gasteiger partial charge is 0.497 e. The Morgan fingerprint density at radius 2 is 1.56 bits per heavy atom. The summed E-state index contributed by atoms with van der Waals surface area (Å²) in [5.41, 5.74) is 7.37. The number of benzene rings is 3. The summed E-state index contributed by atoms with van der Waals surface area (Å²) in [6.45, 7) is 5.48. The zero-order valence-corrected chi connectivity index (χ0v) is 18.5. The van der Waals surface area contributed by atoms with Crippen LogP contribution in [0.4, 0.5) is 0 Å². The summed E-state index contributed by atoms with van der Waals surface area (Å²) in [7, 11) is 1.67. The minimum atomic E-state index is 0.620. The van der Waals surface area contributed by atoms with Crippen molar-refractivity contribution in [3.63, 3.8) is 0 Å². The SMILES string of the molecule is CCOc1ccc2c(c1)c1nnc(-c3ccc(OC)cc3)c-1cn2Cc1ccc(C)cc1. The van der Waals surface area contributed by atoms with Crippen LogP contribution >= 0.6 is 0 Å². The Kier molecular flexibility index (Phi) is 5.23. The molecule has 2 heterocycles. The molecule has 5 nitrogen and oxygen atoms in total. The molecule has 0 saturated heterocycles. The number of methoxy groups -OCH3 is 1. The fourth-order valence-corrected chi connectivity index (χ4v) is 4.06. The van der Waals surface area contributed by atoms with Crippen LogP contribution in [-0.2, 0) is 6.54 Å². The molecule has 0 fully saturated rings. The van der Waals surface area contributed by atoms with Crippen LogP contribution in [0.1, 0.15) is 18.1 Å². The van der Waals surface area contributed by atoms with Crippen molar-refractivity contribution < 1.29 is 9.47 Å². The topological polar surface area (TPSA) is 49.2 Å². The first-order valence-electron chi connectivity index (χ1n) is 10.8. The maximum Gasteiger partial charge on any atom is 0.120 e. The third-order valence-corrected chi connectivity index (χ3v) is 5.73. The van der Waals surface area contributed by atoms with E-state index in [4.69, 9.17) is 9.47 Å². The summed E-state index contributed by atoms with van der Waals surface area (Å²) in [6.07, 6.45) is 2.16. The summed E-state index contributed by atoms with van der Waals surface area (Å²) in [4.78, 5) is 0. The second kappa shape index (κ2) is 8.35. The van der Waals surface area contributed by atoms with Crippen molar-refractivity contribution in [1.29, 1.82) is 0 Å². The minimum Gasteiger partial charge on any atom is -0.497 e. The monoisotopic (exact) mass is 423 g/mol. The lowest BCUT2D eigenvalue weighted by Gasteiger charge is -2.16. The zero-order chi connectivity index (χ0) is 22.1. The number of hydrogen-bond acceptors (Lipinski definition) is 4. The second-order valence-electron chi connectivity index (χ2n) is 7.89. The van der Waals surface area contributed by atoms with Crippen molar-refractivity contribution in [3.8, 4) is 34.0 Å². The molecule has 0 unspecified atom stereocenters. The Morgan fingerprint density at radius 1 is 0.844 bits per heavy atom. The number of nitrogens with zero attached hydrogens (tertiary/aromatic N) is 3. The van der Waals surface area contributed by atoms with E-state index >= 15 is 0 Å². The molecule has 0 atom stereocenters. The molecule has 3 aromatic carbocycles. The molecule has 0 radical (unpaired) electrons. The van der Waals surface area contributed by atoms with Gasteiger partial charge in [-0.2, -0.15) is 0 Å². The fourth-order valence-electron chi connectivity index (χ4n) is 4.06. The third kappa shape index (κ3) is 3.66. The highest BCUT2D eigenvalue weighted by Gasteiger charge is 2.21. The van der Waals surface area contributed by atoms with E-state index in [9.17, 15) is 0 Å². The zero-order valence-electron chi connectivity index (χ0n) is 18.5. The molecule has 0 amide bonds. The van der Waals surface area contributed by atoms with Crippen LogP contribution in [0.2, 0.25) is 0 Å². The molecule has 0 saturated carbocycles. The van der Waals surface area contributed by atoms with E-state index in [2.05, 4.69) is 64.3 Å². The number of fused-ring (bicyclic) bond motifs is 3. The molecule has 0 aliphatic carbocycles. The number of rotatable bonds is 6. The van der Waals surface area contributed by atoms with Gasteiger partial charge in [-0.25, -0.2) is 0 Å². The van der Waals surface area contributed by atoms with Crippen molar-refractivity contribution in [2.45, 2.75) is 20.4 Å². The van der Waals surface area contributed by atoms with Crippen LogP contribution in [0.25, 0.3) is 33.4 Å². The Balaban J connectivity index is 1.69. The highest BCUT2D eigenvalue weighted by Crippen LogP contribution is 2.38. The average Bonchev–Trinajstić information content (AvgIpc) is 3.25. The fraction of sp³-hybridized carbons (Fsp3) is 0.185. The van der Waals surface area contributed by atoms with E-state index in [1.54, 1.807) is 7.11 Å². The molecule has 3 aromatic rings. The van der Waals surface area contributed by atoms with E-state index < -0.39 is 0 Å². The van der Waals surface area contributed by atoms with Crippen LogP contribution < -0.4 is 9.47 Å². The van der Waals surface area contributed by atoms with Gasteiger partial charge in [-0.3, -0.25) is 0 Å². The van der Waals surface area contributed by atoms with Gasteiger partial charge in [0.05, 0.1) is 19.2 Å². The highest BCUT2D eigenvalue weighted by molar-refractivity contribution is 5.98. The highest BCUT2D eigenvalue weighted by atomic mass is 16.5. The van der Waals surface area contributed by atoms with Gasteiger partial charge in [0, 0.05) is 29.3 Å². The number of pyridine rings is 1. The van der Waals surface area contributed by atoms with Crippen LogP contribution in [-0.4, -0.2) is 28.5 Å². The van der Waals surface area contributed by atoms with Crippen LogP contribution in [0.3, 0.4) is 0 Å². The quantitative estimate of drug-likeness (QED) is 0.338. The van der Waals surface area contributed by atoms with E-state index in [1.807, 2.05) is 37.3 Å². The molecule has 160 valence electrons. The number of hydrogen-bond donors (Lipinski definition) is 0. The average molecular weight is 424 g/mol. The molecule has 0 spiro atoms. The van der Waals surface area contributed by atoms with Gasteiger partial charge in [0.2, 0.25) is 0 Å². The summed E-state index contributed by atoms with van der Waals surface area (Å²) < 4.78 is 13.4. The van der Waals surface area contributed by atoms with Crippen LogP contribution in [0.15, 0.2) is 72.9 Å². The smallest absolute Gasteiger partial charge is 0.120 e. The Hall–Kier alpha value is -3.86. The molecule has 5 rings (SSSR count). The lowest BCUT2D eigenvalue weighted by molar-refractivity contribution is 0.340. The predicted molar refractivity (Wildman–Crippen MR) is 128 cm³/mol. The first-order chi connectivity index (χ1) is 15.7. The molecule has 2 aliphatic rings. The molecule has 0 bridgehead atoms. The van der Waals surface area contributed by atoms with Gasteiger partial charge < -0.3 is 14.0 Å². The van der Waals surface area contributed by atoms with E-state index in [0.29, 0.717) is 6.61 Å². The maximum absolute atomic E-state index is 5.78. The van der Waals surface area contributed by atoms with Gasteiger partial charge in [-0.15, -0.1) is 10.2 Å². The van der Waals surface area contributed by atoms with E-state index in [-0.39, 0.29) is 0 Å². The number of aromatic nitrogens is 3. The minimum absolute atomic E-state index is 0.620. The Bertz CT molecular complexity index is 1340. The van der Waals surface area contributed by atoms with Gasteiger partial charge in [0.15, 0.2) is 0 Å². The summed E-state index contributed by atoms with van der Waals surface area (Å²) in [5.74, 6) is 1.65. The van der Waals surface area contributed by atoms with Crippen LogP contribution in [0, 0.1) is 6.92 Å². The van der Waals surface area contributed by atoms with Crippen molar-refractivity contribution in [2.24, 2.45) is 0 Å². The lowest BCUT2D eigenvalue weighted by Crippen LogP contribution is -2.04. The van der Waals surface area contributed by atoms with Gasteiger partial charge in [0.25, 0.3) is 0 Å². The van der Waals surface area contributed by atoms with Crippen molar-refractivity contribution in [3.05, 3.63) is 84.1 Å². The summed E-state index contributed by atoms with van der Waals surface area (Å²) in [5, 5.41) is 10.2. The van der Waals surface area contributed by atoms with Crippen molar-refractivity contribution in [1.82, 2.24) is 14.8 Å². The molecule has 0 N–H and O–H groups in total. The van der Waals surface area contributed by atoms with Crippen LogP contribution in [0.5, 0.6) is 11.5 Å². The van der Waals surface area contributed by atoms with Gasteiger partial charge in [-0.05, 0) is 61.9 Å². The second-order valence-corrected chi connectivity index (χ2v) is 7.89. The lowest BCUT2D eigenvalue weighted by atomic mass is 10.0. The standard InChI is InChI=1S/C27H25N3O2/c1-4-32-22-13-14-25-23(15-22)27-24(17-30(25)16-19-7-5-18(2)6-8-19)26(28-29-27)20-9-11-21(31-3)12-10-20/h5-15,17H,4,16H2,1-3H3. The van der Waals surface area contributed by atoms with E-state index in [0.717, 1.165) is 51.5 Å². The third-order valence-electron chi connectivity index (χ3n) is 5.73. The molecular formula is C27H25N3O2. The van der Waals surface area contributed by atoms with Gasteiger partial charge in [-0.1, -0.05) is 29.8 Å². The number of aryl methyl sites for hydroxylation is 1. The summed E-state index contributed by atoms with van der Waals surface area (Å²) in [6, 6.07) is 22.8. The first-order valence-corrected chi connectivity index (χ1v) is 10.8. The van der Waals surface area contributed by atoms with Crippen molar-refractivity contribution >= 4 is 10.9 Å². The molecular weight excluding hydrogens is 398 g/mol. The van der Waals surface area contributed by atoms with Crippen molar-refractivity contribution in [2.75, 3.05) is 13.7 Å². The first kappa shape index (κ1) is 20.1.